The van der Waals surface area contributed by atoms with E-state index in [9.17, 15) is 9.18 Å². The quantitative estimate of drug-likeness (QED) is 0.895. The van der Waals surface area contributed by atoms with Crippen LogP contribution in [0.5, 0.6) is 0 Å². The van der Waals surface area contributed by atoms with E-state index in [1.807, 2.05) is 0 Å². The van der Waals surface area contributed by atoms with Crippen LogP contribution in [-0.2, 0) is 9.53 Å². The van der Waals surface area contributed by atoms with Crippen molar-refractivity contribution in [3.63, 3.8) is 0 Å². The minimum absolute atomic E-state index is 0.0509. The molecule has 1 amide bonds. The Morgan fingerprint density at radius 2 is 2.40 bits per heavy atom. The average molecular weight is 298 g/mol. The zero-order valence-corrected chi connectivity index (χ0v) is 11.6. The summed E-state index contributed by atoms with van der Waals surface area (Å²) in [5.41, 5.74) is 0.317. The number of ether oxygens (including phenoxy) is 1. The van der Waals surface area contributed by atoms with E-state index in [0.29, 0.717) is 13.2 Å². The number of benzene rings is 1. The Hall–Kier alpha value is -1.84. The molecular weight excluding hydrogens is 285 g/mol. The third kappa shape index (κ3) is 3.00. The lowest BCUT2D eigenvalue weighted by atomic mass is 10.1. The third-order valence-electron chi connectivity index (χ3n) is 2.94. The van der Waals surface area contributed by atoms with Crippen molar-refractivity contribution in [2.24, 2.45) is 0 Å². The fourth-order valence-corrected chi connectivity index (χ4v) is 2.10. The van der Waals surface area contributed by atoms with Crippen molar-refractivity contribution in [3.05, 3.63) is 22.5 Å². The van der Waals surface area contributed by atoms with Crippen LogP contribution in [-0.4, -0.2) is 25.2 Å². The summed E-state index contributed by atoms with van der Waals surface area (Å²) in [5.74, 6) is -1.14. The molecule has 0 bridgehead atoms. The van der Waals surface area contributed by atoms with Crippen molar-refractivity contribution >= 4 is 28.9 Å². The SMILES string of the molecule is CC(=O)Nc1cc(C#N)c(F)c(Cl)c1NC[C@@H]1CCO1. The van der Waals surface area contributed by atoms with Crippen LogP contribution < -0.4 is 10.6 Å². The summed E-state index contributed by atoms with van der Waals surface area (Å²) >= 11 is 5.93. The summed E-state index contributed by atoms with van der Waals surface area (Å²) < 4.78 is 19.1. The Morgan fingerprint density at radius 3 is 2.90 bits per heavy atom. The van der Waals surface area contributed by atoms with Gasteiger partial charge in [0.1, 0.15) is 11.1 Å². The number of anilines is 2. The highest BCUT2D eigenvalue weighted by Gasteiger charge is 2.21. The molecule has 2 rings (SSSR count). The molecule has 0 aliphatic carbocycles. The van der Waals surface area contributed by atoms with Crippen LogP contribution in [0.4, 0.5) is 15.8 Å². The second kappa shape index (κ2) is 6.07. The summed E-state index contributed by atoms with van der Waals surface area (Å²) in [6.45, 7) is 2.49. The maximum atomic E-state index is 13.9. The Morgan fingerprint density at radius 1 is 1.70 bits per heavy atom. The fraction of sp³-hybridized carbons (Fsp3) is 0.385. The summed E-state index contributed by atoms with van der Waals surface area (Å²) in [6.07, 6.45) is 0.966. The number of hydrogen-bond acceptors (Lipinski definition) is 4. The second-order valence-corrected chi connectivity index (χ2v) is 4.81. The maximum Gasteiger partial charge on any atom is 0.221 e. The largest absolute Gasteiger partial charge is 0.379 e. The number of halogens is 2. The predicted octanol–water partition coefficient (Wildman–Crippen LogP) is 2.51. The topological polar surface area (TPSA) is 74.2 Å². The van der Waals surface area contributed by atoms with E-state index < -0.39 is 5.82 Å². The maximum absolute atomic E-state index is 13.9. The molecule has 0 aromatic heterocycles. The number of nitrogens with zero attached hydrogens (tertiary/aromatic N) is 1. The molecule has 0 radical (unpaired) electrons. The highest BCUT2D eigenvalue weighted by atomic mass is 35.5. The predicted molar refractivity (Wildman–Crippen MR) is 73.3 cm³/mol. The van der Waals surface area contributed by atoms with E-state index in [1.165, 1.54) is 13.0 Å². The smallest absolute Gasteiger partial charge is 0.221 e. The highest BCUT2D eigenvalue weighted by Crippen LogP contribution is 2.35. The lowest BCUT2D eigenvalue weighted by molar-refractivity contribution is -0.114. The first-order valence-electron chi connectivity index (χ1n) is 6.08. The van der Waals surface area contributed by atoms with Crippen LogP contribution in [0.1, 0.15) is 18.9 Å². The Bertz CT molecular complexity index is 582. The summed E-state index contributed by atoms with van der Waals surface area (Å²) in [6, 6.07) is 2.96. The zero-order valence-electron chi connectivity index (χ0n) is 10.8. The van der Waals surface area contributed by atoms with E-state index in [4.69, 9.17) is 21.6 Å². The van der Waals surface area contributed by atoms with Gasteiger partial charge < -0.3 is 15.4 Å². The number of carbonyl (C=O) groups excluding carboxylic acids is 1. The number of hydrogen-bond donors (Lipinski definition) is 2. The van der Waals surface area contributed by atoms with Gasteiger partial charge >= 0.3 is 0 Å². The molecule has 0 saturated carbocycles. The van der Waals surface area contributed by atoms with Gasteiger partial charge in [0.15, 0.2) is 5.82 Å². The van der Waals surface area contributed by atoms with Crippen molar-refractivity contribution in [1.82, 2.24) is 0 Å². The first-order chi connectivity index (χ1) is 9.52. The lowest BCUT2D eigenvalue weighted by Crippen LogP contribution is -2.33. The molecule has 1 aromatic carbocycles. The number of nitrogens with one attached hydrogen (secondary N) is 2. The van der Waals surface area contributed by atoms with Gasteiger partial charge in [-0.25, -0.2) is 4.39 Å². The van der Waals surface area contributed by atoms with Crippen LogP contribution in [0.15, 0.2) is 6.07 Å². The average Bonchev–Trinajstić information content (AvgIpc) is 2.34. The molecule has 5 nitrogen and oxygen atoms in total. The van der Waals surface area contributed by atoms with Crippen LogP contribution in [0.2, 0.25) is 5.02 Å². The molecule has 1 atom stereocenters. The molecule has 106 valence electrons. The molecule has 2 N–H and O–H groups in total. The number of nitriles is 1. The standard InChI is InChI=1S/C13H13ClFN3O2/c1-7(19)18-10-4-8(5-16)12(15)11(14)13(10)17-6-9-2-3-20-9/h4,9,17H,2-3,6H2,1H3,(H,18,19)/t9-/m0/s1. The molecule has 20 heavy (non-hydrogen) atoms. The Balaban J connectivity index is 2.32. The van der Waals surface area contributed by atoms with Crippen molar-refractivity contribution in [2.45, 2.75) is 19.4 Å². The minimum Gasteiger partial charge on any atom is -0.379 e. The Kier molecular flexibility index (Phi) is 4.42. The van der Waals surface area contributed by atoms with Crippen LogP contribution in [0.25, 0.3) is 0 Å². The first kappa shape index (κ1) is 14.6. The molecule has 1 saturated heterocycles. The Labute approximate surface area is 120 Å². The van der Waals surface area contributed by atoms with Crippen LogP contribution in [0, 0.1) is 17.1 Å². The van der Waals surface area contributed by atoms with Crippen LogP contribution >= 0.6 is 11.6 Å². The molecule has 0 spiro atoms. The van der Waals surface area contributed by atoms with E-state index in [1.54, 1.807) is 6.07 Å². The number of amides is 1. The first-order valence-corrected chi connectivity index (χ1v) is 6.46. The van der Waals surface area contributed by atoms with E-state index in [-0.39, 0.29) is 34.0 Å². The van der Waals surface area contributed by atoms with Gasteiger partial charge in [0.2, 0.25) is 5.91 Å². The van der Waals surface area contributed by atoms with Crippen molar-refractivity contribution in [2.75, 3.05) is 23.8 Å². The second-order valence-electron chi connectivity index (χ2n) is 4.43. The zero-order chi connectivity index (χ0) is 14.7. The molecule has 1 aliphatic heterocycles. The van der Waals surface area contributed by atoms with Gasteiger partial charge in [0.05, 0.1) is 23.0 Å². The monoisotopic (exact) mass is 297 g/mol. The molecule has 0 unspecified atom stereocenters. The molecule has 1 aromatic rings. The van der Waals surface area contributed by atoms with Gasteiger partial charge in [-0.3, -0.25) is 4.79 Å². The van der Waals surface area contributed by atoms with Gasteiger partial charge in [-0.15, -0.1) is 0 Å². The van der Waals surface area contributed by atoms with E-state index in [0.717, 1.165) is 6.42 Å². The summed E-state index contributed by atoms with van der Waals surface area (Å²) in [5, 5.41) is 14.1. The summed E-state index contributed by atoms with van der Waals surface area (Å²) in [4.78, 5) is 11.2. The number of carbonyl (C=O) groups is 1. The van der Waals surface area contributed by atoms with Crippen LogP contribution in [0.3, 0.4) is 0 Å². The molecule has 1 aliphatic rings. The van der Waals surface area contributed by atoms with Crippen molar-refractivity contribution in [3.8, 4) is 6.07 Å². The molecule has 1 fully saturated rings. The van der Waals surface area contributed by atoms with Gasteiger partial charge in [-0.1, -0.05) is 11.6 Å². The number of rotatable bonds is 4. The van der Waals surface area contributed by atoms with Gasteiger partial charge in [-0.2, -0.15) is 5.26 Å². The minimum atomic E-state index is -0.805. The van der Waals surface area contributed by atoms with E-state index >= 15 is 0 Å². The van der Waals surface area contributed by atoms with Gasteiger partial charge in [0.25, 0.3) is 0 Å². The third-order valence-corrected chi connectivity index (χ3v) is 3.29. The molecular formula is C13H13ClFN3O2. The van der Waals surface area contributed by atoms with Gasteiger partial charge in [-0.05, 0) is 12.5 Å². The van der Waals surface area contributed by atoms with Crippen molar-refractivity contribution < 1.29 is 13.9 Å². The fourth-order valence-electron chi connectivity index (χ4n) is 1.83. The highest BCUT2D eigenvalue weighted by molar-refractivity contribution is 6.34. The lowest BCUT2D eigenvalue weighted by Gasteiger charge is -2.27. The van der Waals surface area contributed by atoms with E-state index in [2.05, 4.69) is 10.6 Å². The molecule has 7 heteroatoms. The molecule has 1 heterocycles. The normalized spacial score (nSPS) is 17.0. The summed E-state index contributed by atoms with van der Waals surface area (Å²) in [7, 11) is 0. The van der Waals surface area contributed by atoms with Gasteiger partial charge in [0, 0.05) is 20.1 Å². The van der Waals surface area contributed by atoms with Crippen molar-refractivity contribution in [1.29, 1.82) is 5.26 Å².